The molecular formula is C13H20N6O. The minimum Gasteiger partial charge on any atom is -0.364 e. The quantitative estimate of drug-likeness (QED) is 0.448. The van der Waals surface area contributed by atoms with Crippen molar-refractivity contribution in [2.45, 2.75) is 26.4 Å². The molecule has 20 heavy (non-hydrogen) atoms. The van der Waals surface area contributed by atoms with E-state index < -0.39 is 0 Å². The summed E-state index contributed by atoms with van der Waals surface area (Å²) in [5.74, 6) is 0.788. The number of hydrogen-bond acceptors (Lipinski definition) is 4. The Balaban J connectivity index is 1.72. The second-order valence-corrected chi connectivity index (χ2v) is 4.24. The van der Waals surface area contributed by atoms with Crippen LogP contribution in [0.2, 0.25) is 0 Å². The highest BCUT2D eigenvalue weighted by Crippen LogP contribution is 1.96. The Morgan fingerprint density at radius 3 is 3.10 bits per heavy atom. The molecule has 0 unspecified atom stereocenters. The van der Waals surface area contributed by atoms with E-state index in [4.69, 9.17) is 4.52 Å². The summed E-state index contributed by atoms with van der Waals surface area (Å²) in [4.78, 5) is 4.44. The lowest BCUT2D eigenvalue weighted by molar-refractivity contribution is 0.412. The first-order valence-electron chi connectivity index (χ1n) is 6.77. The molecule has 0 amide bonds. The van der Waals surface area contributed by atoms with Crippen molar-refractivity contribution in [1.29, 1.82) is 0 Å². The average Bonchev–Trinajstić information content (AvgIpc) is 3.13. The number of aryl methyl sites for hydroxylation is 1. The zero-order valence-electron chi connectivity index (χ0n) is 11.6. The van der Waals surface area contributed by atoms with Gasteiger partial charge in [0.25, 0.3) is 0 Å². The van der Waals surface area contributed by atoms with E-state index in [0.717, 1.165) is 37.7 Å². The van der Waals surface area contributed by atoms with Gasteiger partial charge in [-0.05, 0) is 19.4 Å². The van der Waals surface area contributed by atoms with Gasteiger partial charge in [0.05, 0.1) is 6.54 Å². The Bertz CT molecular complexity index is 491. The summed E-state index contributed by atoms with van der Waals surface area (Å²) >= 11 is 0. The first-order chi connectivity index (χ1) is 9.88. The second-order valence-electron chi connectivity index (χ2n) is 4.24. The number of nitrogens with one attached hydrogen (secondary N) is 2. The molecule has 0 atom stereocenters. The Labute approximate surface area is 118 Å². The molecule has 0 aliphatic carbocycles. The van der Waals surface area contributed by atoms with Crippen LogP contribution in [0.15, 0.2) is 40.3 Å². The van der Waals surface area contributed by atoms with E-state index in [1.54, 1.807) is 12.5 Å². The highest BCUT2D eigenvalue weighted by atomic mass is 16.5. The van der Waals surface area contributed by atoms with E-state index in [2.05, 4.69) is 25.9 Å². The molecule has 0 radical (unpaired) electrons. The maximum atomic E-state index is 4.78. The summed E-state index contributed by atoms with van der Waals surface area (Å²) in [7, 11) is 0. The molecule has 0 saturated carbocycles. The molecule has 0 aliphatic heterocycles. The number of nitrogens with zero attached hydrogens (tertiary/aromatic N) is 4. The predicted molar refractivity (Wildman–Crippen MR) is 76.2 cm³/mol. The van der Waals surface area contributed by atoms with Crippen molar-refractivity contribution in [3.63, 3.8) is 0 Å². The van der Waals surface area contributed by atoms with E-state index in [9.17, 15) is 0 Å². The molecule has 2 rings (SSSR count). The molecule has 0 bridgehead atoms. The summed E-state index contributed by atoms with van der Waals surface area (Å²) in [5, 5.41) is 14.5. The second kappa shape index (κ2) is 7.98. The highest BCUT2D eigenvalue weighted by molar-refractivity contribution is 5.79. The van der Waals surface area contributed by atoms with Gasteiger partial charge in [-0.3, -0.25) is 4.68 Å². The fourth-order valence-corrected chi connectivity index (χ4v) is 1.70. The van der Waals surface area contributed by atoms with Crippen LogP contribution in [0.1, 0.15) is 19.0 Å². The molecule has 2 heterocycles. The molecule has 7 nitrogen and oxygen atoms in total. The van der Waals surface area contributed by atoms with Gasteiger partial charge in [0.15, 0.2) is 5.96 Å². The van der Waals surface area contributed by atoms with Gasteiger partial charge in [-0.25, -0.2) is 4.99 Å². The fraction of sp³-hybridized carbons (Fsp3) is 0.462. The van der Waals surface area contributed by atoms with Crippen molar-refractivity contribution >= 4 is 5.96 Å². The third-order valence-corrected chi connectivity index (χ3v) is 2.65. The molecule has 0 saturated heterocycles. The van der Waals surface area contributed by atoms with Gasteiger partial charge >= 0.3 is 0 Å². The van der Waals surface area contributed by atoms with Crippen molar-refractivity contribution in [3.8, 4) is 0 Å². The van der Waals surface area contributed by atoms with Crippen LogP contribution < -0.4 is 10.6 Å². The van der Waals surface area contributed by atoms with E-state index in [1.165, 1.54) is 0 Å². The molecular weight excluding hydrogens is 256 g/mol. The fourth-order valence-electron chi connectivity index (χ4n) is 1.70. The van der Waals surface area contributed by atoms with Crippen LogP contribution in [-0.2, 0) is 13.1 Å². The first-order valence-corrected chi connectivity index (χ1v) is 6.77. The highest BCUT2D eigenvalue weighted by Gasteiger charge is 1.99. The summed E-state index contributed by atoms with van der Waals surface area (Å²) in [6.07, 6.45) is 6.28. The molecule has 0 spiro atoms. The monoisotopic (exact) mass is 276 g/mol. The van der Waals surface area contributed by atoms with Gasteiger partial charge in [0.1, 0.15) is 12.0 Å². The minimum absolute atomic E-state index is 0.505. The number of aromatic nitrogens is 3. The van der Waals surface area contributed by atoms with Crippen LogP contribution in [0.4, 0.5) is 0 Å². The average molecular weight is 276 g/mol. The van der Waals surface area contributed by atoms with Gasteiger partial charge in [0.2, 0.25) is 0 Å². The lowest BCUT2D eigenvalue weighted by atomic mass is 10.4. The third kappa shape index (κ3) is 4.75. The largest absolute Gasteiger partial charge is 0.364 e. The Kier molecular flexibility index (Phi) is 5.63. The Morgan fingerprint density at radius 1 is 1.45 bits per heavy atom. The number of guanidine groups is 1. The maximum absolute atomic E-state index is 4.78. The summed E-state index contributed by atoms with van der Waals surface area (Å²) in [6.45, 7) is 5.10. The summed E-state index contributed by atoms with van der Waals surface area (Å²) < 4.78 is 6.69. The van der Waals surface area contributed by atoms with E-state index in [1.807, 2.05) is 29.9 Å². The van der Waals surface area contributed by atoms with Crippen LogP contribution in [-0.4, -0.2) is 34.0 Å². The molecule has 2 aromatic heterocycles. The summed E-state index contributed by atoms with van der Waals surface area (Å²) in [5.41, 5.74) is 0.818. The molecule has 2 N–H and O–H groups in total. The van der Waals surface area contributed by atoms with Crippen LogP contribution in [0.25, 0.3) is 0 Å². The molecule has 0 fully saturated rings. The van der Waals surface area contributed by atoms with Crippen LogP contribution in [0, 0.1) is 0 Å². The first kappa shape index (κ1) is 14.1. The molecule has 0 aliphatic rings. The SMILES string of the molecule is CCNC(=NCc1ccon1)NCCCn1cccn1. The number of rotatable bonds is 7. The zero-order chi connectivity index (χ0) is 14.0. The Hall–Kier alpha value is -2.31. The van der Waals surface area contributed by atoms with Gasteiger partial charge < -0.3 is 15.2 Å². The van der Waals surface area contributed by atoms with Crippen molar-refractivity contribution in [3.05, 3.63) is 36.5 Å². The number of aliphatic imine (C=N–C) groups is 1. The smallest absolute Gasteiger partial charge is 0.191 e. The zero-order valence-corrected chi connectivity index (χ0v) is 11.6. The van der Waals surface area contributed by atoms with Crippen LogP contribution in [0.5, 0.6) is 0 Å². The normalized spacial score (nSPS) is 11.6. The number of hydrogen-bond donors (Lipinski definition) is 2. The van der Waals surface area contributed by atoms with Crippen LogP contribution >= 0.6 is 0 Å². The third-order valence-electron chi connectivity index (χ3n) is 2.65. The van der Waals surface area contributed by atoms with Gasteiger partial charge in [0, 0.05) is 38.1 Å². The predicted octanol–water partition coefficient (Wildman–Crippen LogP) is 1.02. The maximum Gasteiger partial charge on any atom is 0.191 e. The Morgan fingerprint density at radius 2 is 2.40 bits per heavy atom. The van der Waals surface area contributed by atoms with Gasteiger partial charge in [-0.1, -0.05) is 5.16 Å². The standard InChI is InChI=1S/C13H20N6O/c1-2-14-13(16-11-12-5-10-20-18-12)15-6-3-8-19-9-4-7-17-19/h4-5,7,9-10H,2-3,6,8,11H2,1H3,(H2,14,15,16). The lowest BCUT2D eigenvalue weighted by Gasteiger charge is -2.10. The van der Waals surface area contributed by atoms with Crippen molar-refractivity contribution in [1.82, 2.24) is 25.6 Å². The van der Waals surface area contributed by atoms with Crippen molar-refractivity contribution < 1.29 is 4.52 Å². The lowest BCUT2D eigenvalue weighted by Crippen LogP contribution is -2.38. The van der Waals surface area contributed by atoms with Crippen LogP contribution in [0.3, 0.4) is 0 Å². The van der Waals surface area contributed by atoms with E-state index in [-0.39, 0.29) is 0 Å². The van der Waals surface area contributed by atoms with Gasteiger partial charge in [-0.15, -0.1) is 0 Å². The van der Waals surface area contributed by atoms with Crippen molar-refractivity contribution in [2.75, 3.05) is 13.1 Å². The molecule has 0 aromatic carbocycles. The summed E-state index contributed by atoms with van der Waals surface area (Å²) in [6, 6.07) is 3.74. The van der Waals surface area contributed by atoms with Gasteiger partial charge in [-0.2, -0.15) is 5.10 Å². The molecule has 2 aromatic rings. The van der Waals surface area contributed by atoms with Crippen molar-refractivity contribution in [2.24, 2.45) is 4.99 Å². The van der Waals surface area contributed by atoms with E-state index >= 15 is 0 Å². The van der Waals surface area contributed by atoms with E-state index in [0.29, 0.717) is 6.54 Å². The molecule has 7 heteroatoms. The topological polar surface area (TPSA) is 80.3 Å². The minimum atomic E-state index is 0.505. The molecule has 108 valence electrons.